The van der Waals surface area contributed by atoms with Gasteiger partial charge in [0, 0.05) is 11.3 Å². The van der Waals surface area contributed by atoms with Crippen molar-refractivity contribution in [1.82, 2.24) is 0 Å². The van der Waals surface area contributed by atoms with Crippen LogP contribution in [0.25, 0.3) is 0 Å². The summed E-state index contributed by atoms with van der Waals surface area (Å²) in [6, 6.07) is 11.0. The second-order valence-corrected chi connectivity index (χ2v) is 5.63. The van der Waals surface area contributed by atoms with Gasteiger partial charge in [0.15, 0.2) is 5.78 Å². The van der Waals surface area contributed by atoms with Crippen LogP contribution >= 0.6 is 0 Å². The first kappa shape index (κ1) is 15.3. The second kappa shape index (κ2) is 5.91. The molecule has 1 amide bonds. The Kier molecular flexibility index (Phi) is 3.95. The van der Waals surface area contributed by atoms with Crippen LogP contribution in [0.2, 0.25) is 0 Å². The third kappa shape index (κ3) is 2.87. The van der Waals surface area contributed by atoms with Gasteiger partial charge in [-0.15, -0.1) is 0 Å². The summed E-state index contributed by atoms with van der Waals surface area (Å²) in [6.45, 7) is 1.94. The zero-order valence-corrected chi connectivity index (χ0v) is 13.1. The lowest BCUT2D eigenvalue weighted by Gasteiger charge is -2.20. The Morgan fingerprint density at radius 2 is 1.96 bits per heavy atom. The SMILES string of the molecule is [B]c1cc(C(C)=O)cc2c1N(Cc1ccc(OC)cc1)C(=O)C2. The van der Waals surface area contributed by atoms with E-state index in [0.717, 1.165) is 22.6 Å². The van der Waals surface area contributed by atoms with E-state index in [1.165, 1.54) is 6.92 Å². The van der Waals surface area contributed by atoms with Gasteiger partial charge in [0.2, 0.25) is 5.91 Å². The number of Topliss-reactive ketones (excluding diaryl/α,β-unsaturated/α-hetero) is 1. The molecule has 2 aromatic carbocycles. The molecule has 23 heavy (non-hydrogen) atoms. The van der Waals surface area contributed by atoms with E-state index in [1.54, 1.807) is 24.1 Å². The van der Waals surface area contributed by atoms with E-state index in [0.29, 0.717) is 17.6 Å². The van der Waals surface area contributed by atoms with Crippen LogP contribution in [-0.2, 0) is 17.8 Å². The lowest BCUT2D eigenvalue weighted by molar-refractivity contribution is -0.117. The van der Waals surface area contributed by atoms with Crippen molar-refractivity contribution in [2.45, 2.75) is 19.9 Å². The fourth-order valence-corrected chi connectivity index (χ4v) is 2.85. The van der Waals surface area contributed by atoms with Gasteiger partial charge >= 0.3 is 0 Å². The van der Waals surface area contributed by atoms with Crippen molar-refractivity contribution in [1.29, 1.82) is 0 Å². The maximum Gasteiger partial charge on any atom is 0.231 e. The van der Waals surface area contributed by atoms with Crippen LogP contribution in [-0.4, -0.2) is 26.6 Å². The Bertz CT molecular complexity index is 784. The number of anilines is 1. The van der Waals surface area contributed by atoms with E-state index < -0.39 is 0 Å². The molecule has 2 radical (unpaired) electrons. The molecule has 0 aromatic heterocycles. The summed E-state index contributed by atoms with van der Waals surface area (Å²) in [7, 11) is 7.71. The molecule has 1 heterocycles. The van der Waals surface area contributed by atoms with Gasteiger partial charge in [-0.25, -0.2) is 0 Å². The average molecular weight is 305 g/mol. The third-order valence-corrected chi connectivity index (χ3v) is 4.04. The van der Waals surface area contributed by atoms with Crippen molar-refractivity contribution in [3.8, 4) is 5.75 Å². The molecule has 114 valence electrons. The van der Waals surface area contributed by atoms with Crippen LogP contribution in [0.3, 0.4) is 0 Å². The number of carbonyl (C=O) groups excluding carboxylic acids is 2. The summed E-state index contributed by atoms with van der Waals surface area (Å²) >= 11 is 0. The molecular formula is C18H16BNO3. The van der Waals surface area contributed by atoms with E-state index in [9.17, 15) is 9.59 Å². The van der Waals surface area contributed by atoms with Gasteiger partial charge in [-0.3, -0.25) is 9.59 Å². The molecule has 1 aliphatic heterocycles. The van der Waals surface area contributed by atoms with Crippen molar-refractivity contribution in [2.24, 2.45) is 0 Å². The molecule has 0 saturated heterocycles. The average Bonchev–Trinajstić information content (AvgIpc) is 2.84. The number of hydrogen-bond donors (Lipinski definition) is 0. The largest absolute Gasteiger partial charge is 0.497 e. The van der Waals surface area contributed by atoms with Crippen LogP contribution in [0.15, 0.2) is 36.4 Å². The standard InChI is InChI=1S/C18H16BNO3/c1-11(21)13-7-14-9-17(22)20(18(14)16(19)8-13)10-12-3-5-15(23-2)6-4-12/h3-8H,9-10H2,1-2H3. The molecule has 0 aliphatic carbocycles. The van der Waals surface area contributed by atoms with Gasteiger partial charge < -0.3 is 9.64 Å². The molecule has 3 rings (SSSR count). The highest BCUT2D eigenvalue weighted by Gasteiger charge is 2.29. The molecule has 0 bridgehead atoms. The topological polar surface area (TPSA) is 46.6 Å². The molecular weight excluding hydrogens is 289 g/mol. The summed E-state index contributed by atoms with van der Waals surface area (Å²) in [6.07, 6.45) is 0.275. The van der Waals surface area contributed by atoms with Crippen molar-refractivity contribution in [2.75, 3.05) is 12.0 Å². The molecule has 1 aliphatic rings. The van der Waals surface area contributed by atoms with Crippen LogP contribution in [0, 0.1) is 0 Å². The molecule has 0 unspecified atom stereocenters. The minimum atomic E-state index is -0.0550. The number of amides is 1. The Hall–Kier alpha value is -2.56. The summed E-state index contributed by atoms with van der Waals surface area (Å²) in [5.41, 5.74) is 3.53. The van der Waals surface area contributed by atoms with E-state index in [2.05, 4.69) is 0 Å². The van der Waals surface area contributed by atoms with E-state index in [4.69, 9.17) is 12.6 Å². The Balaban J connectivity index is 1.93. The lowest BCUT2D eigenvalue weighted by atomic mass is 9.88. The predicted molar refractivity (Wildman–Crippen MR) is 89.7 cm³/mol. The molecule has 4 nitrogen and oxygen atoms in total. The normalized spacial score (nSPS) is 13.1. The Morgan fingerprint density at radius 1 is 1.26 bits per heavy atom. The van der Waals surface area contributed by atoms with Crippen LogP contribution in [0.1, 0.15) is 28.4 Å². The molecule has 5 heteroatoms. The van der Waals surface area contributed by atoms with Crippen molar-refractivity contribution < 1.29 is 14.3 Å². The van der Waals surface area contributed by atoms with Gasteiger partial charge in [-0.1, -0.05) is 23.7 Å². The van der Waals surface area contributed by atoms with Crippen molar-refractivity contribution in [3.05, 3.63) is 53.1 Å². The van der Waals surface area contributed by atoms with Crippen molar-refractivity contribution in [3.63, 3.8) is 0 Å². The zero-order chi connectivity index (χ0) is 16.6. The number of fused-ring (bicyclic) bond motifs is 1. The van der Waals surface area contributed by atoms with Crippen LogP contribution in [0.4, 0.5) is 5.69 Å². The smallest absolute Gasteiger partial charge is 0.231 e. The number of ether oxygens (including phenoxy) is 1. The summed E-state index contributed by atoms with van der Waals surface area (Å²) < 4.78 is 5.14. The van der Waals surface area contributed by atoms with E-state index in [1.807, 2.05) is 24.3 Å². The fraction of sp³-hybridized carbons (Fsp3) is 0.222. The zero-order valence-electron chi connectivity index (χ0n) is 13.1. The van der Waals surface area contributed by atoms with Gasteiger partial charge in [0.1, 0.15) is 13.6 Å². The maximum atomic E-state index is 12.4. The molecule has 0 saturated carbocycles. The Labute approximate surface area is 136 Å². The quantitative estimate of drug-likeness (QED) is 0.639. The van der Waals surface area contributed by atoms with Gasteiger partial charge in [0.05, 0.1) is 20.1 Å². The second-order valence-electron chi connectivity index (χ2n) is 5.63. The summed E-state index contributed by atoms with van der Waals surface area (Å²) in [4.78, 5) is 25.6. The first-order valence-corrected chi connectivity index (χ1v) is 7.36. The van der Waals surface area contributed by atoms with Crippen LogP contribution < -0.4 is 15.1 Å². The first-order chi connectivity index (χ1) is 11.0. The highest BCUT2D eigenvalue weighted by Crippen LogP contribution is 2.29. The van der Waals surface area contributed by atoms with Gasteiger partial charge in [0.25, 0.3) is 0 Å². The number of rotatable bonds is 4. The van der Waals surface area contributed by atoms with E-state index >= 15 is 0 Å². The molecule has 0 N–H and O–H groups in total. The Morgan fingerprint density at radius 3 is 2.57 bits per heavy atom. The fourth-order valence-electron chi connectivity index (χ4n) is 2.85. The minimum Gasteiger partial charge on any atom is -0.497 e. The number of methoxy groups -OCH3 is 1. The maximum absolute atomic E-state index is 12.4. The third-order valence-electron chi connectivity index (χ3n) is 4.04. The number of nitrogens with zero attached hydrogens (tertiary/aromatic N) is 1. The van der Waals surface area contributed by atoms with E-state index in [-0.39, 0.29) is 18.1 Å². The minimum absolute atomic E-state index is 0.0109. The highest BCUT2D eigenvalue weighted by atomic mass is 16.5. The van der Waals surface area contributed by atoms with Gasteiger partial charge in [-0.2, -0.15) is 0 Å². The predicted octanol–water partition coefficient (Wildman–Crippen LogP) is 1.78. The number of ketones is 1. The molecule has 0 fully saturated rings. The number of carbonyl (C=O) groups is 2. The summed E-state index contributed by atoms with van der Waals surface area (Å²) in [5.74, 6) is 0.705. The molecule has 2 aromatic rings. The van der Waals surface area contributed by atoms with Crippen LogP contribution in [0.5, 0.6) is 5.75 Å². The number of hydrogen-bond acceptors (Lipinski definition) is 3. The monoisotopic (exact) mass is 305 g/mol. The van der Waals surface area contributed by atoms with Gasteiger partial charge in [-0.05, 0) is 36.2 Å². The van der Waals surface area contributed by atoms with Crippen molar-refractivity contribution >= 4 is 30.7 Å². The summed E-state index contributed by atoms with van der Waals surface area (Å²) in [5, 5.41) is 0. The molecule has 0 spiro atoms. The highest BCUT2D eigenvalue weighted by molar-refractivity contribution is 6.38. The molecule has 0 atom stereocenters. The first-order valence-electron chi connectivity index (χ1n) is 7.36. The number of benzene rings is 2. The lowest BCUT2D eigenvalue weighted by Crippen LogP contribution is -2.29.